The summed E-state index contributed by atoms with van der Waals surface area (Å²) in [5.74, 6) is -1.57. The second-order valence-electron chi connectivity index (χ2n) is 3.87. The maximum Gasteiger partial charge on any atom is 0.334 e. The molecule has 0 spiro atoms. The molecule has 0 amide bonds. The molecule has 1 aliphatic carbocycles. The van der Waals surface area contributed by atoms with Crippen LogP contribution in [-0.4, -0.2) is 23.1 Å². The van der Waals surface area contributed by atoms with Crippen LogP contribution in [0.1, 0.15) is 39.5 Å². The lowest BCUT2D eigenvalue weighted by Crippen LogP contribution is -2.17. The number of rotatable bonds is 3. The predicted molar refractivity (Wildman–Crippen MR) is 54.4 cm³/mol. The topological polar surface area (TPSA) is 63.6 Å². The molecule has 0 radical (unpaired) electrons. The van der Waals surface area contributed by atoms with E-state index >= 15 is 0 Å². The minimum absolute atomic E-state index is 0.0194. The third-order valence-corrected chi connectivity index (χ3v) is 2.77. The molecule has 1 rings (SSSR count). The van der Waals surface area contributed by atoms with E-state index in [1.807, 2.05) is 0 Å². The molecule has 0 heterocycles. The van der Waals surface area contributed by atoms with E-state index in [1.165, 1.54) is 13.8 Å². The number of carbonyl (C=O) groups excluding carboxylic acids is 1. The number of ether oxygens (including phenoxy) is 1. The van der Waals surface area contributed by atoms with Crippen molar-refractivity contribution in [3.63, 3.8) is 0 Å². The Kier molecular flexibility index (Phi) is 3.88. The zero-order valence-corrected chi connectivity index (χ0v) is 9.08. The first kappa shape index (κ1) is 11.8. The highest BCUT2D eigenvalue weighted by atomic mass is 16.5. The van der Waals surface area contributed by atoms with Gasteiger partial charge in [0, 0.05) is 11.1 Å². The van der Waals surface area contributed by atoms with Crippen LogP contribution < -0.4 is 0 Å². The van der Waals surface area contributed by atoms with Crippen LogP contribution in [0.2, 0.25) is 0 Å². The van der Waals surface area contributed by atoms with E-state index in [2.05, 4.69) is 0 Å². The van der Waals surface area contributed by atoms with Crippen LogP contribution in [0, 0.1) is 0 Å². The molecular formula is C11H16O4. The summed E-state index contributed by atoms with van der Waals surface area (Å²) in [6.45, 7) is 2.90. The molecule has 0 aromatic heterocycles. The summed E-state index contributed by atoms with van der Waals surface area (Å²) in [6, 6.07) is 0. The van der Waals surface area contributed by atoms with E-state index in [4.69, 9.17) is 9.84 Å². The lowest BCUT2D eigenvalue weighted by Gasteiger charge is -2.11. The summed E-state index contributed by atoms with van der Waals surface area (Å²) in [5, 5.41) is 8.70. The monoisotopic (exact) mass is 212 g/mol. The zero-order chi connectivity index (χ0) is 11.4. The van der Waals surface area contributed by atoms with E-state index in [-0.39, 0.29) is 17.3 Å². The Hall–Kier alpha value is -1.32. The molecule has 1 saturated carbocycles. The van der Waals surface area contributed by atoms with Crippen LogP contribution >= 0.6 is 0 Å². The fraction of sp³-hybridized carbons (Fsp3) is 0.636. The van der Waals surface area contributed by atoms with E-state index < -0.39 is 11.9 Å². The van der Waals surface area contributed by atoms with Gasteiger partial charge in [-0.15, -0.1) is 0 Å². The molecule has 0 atom stereocenters. The molecule has 1 N–H and O–H groups in total. The van der Waals surface area contributed by atoms with Gasteiger partial charge in [-0.1, -0.05) is 0 Å². The average Bonchev–Trinajstić information content (AvgIpc) is 2.67. The third-order valence-electron chi connectivity index (χ3n) is 2.77. The van der Waals surface area contributed by atoms with Crippen molar-refractivity contribution in [3.8, 4) is 0 Å². The Morgan fingerprint density at radius 2 is 1.67 bits per heavy atom. The van der Waals surface area contributed by atoms with Gasteiger partial charge in [0.2, 0.25) is 0 Å². The summed E-state index contributed by atoms with van der Waals surface area (Å²) in [6.07, 6.45) is 3.93. The second-order valence-corrected chi connectivity index (χ2v) is 3.87. The first-order valence-electron chi connectivity index (χ1n) is 5.14. The van der Waals surface area contributed by atoms with Crippen LogP contribution in [0.5, 0.6) is 0 Å². The summed E-state index contributed by atoms with van der Waals surface area (Å²) in [4.78, 5) is 22.1. The second kappa shape index (κ2) is 4.96. The van der Waals surface area contributed by atoms with Gasteiger partial charge < -0.3 is 9.84 Å². The Bertz CT molecular complexity index is 298. The van der Waals surface area contributed by atoms with Crippen molar-refractivity contribution >= 4 is 11.9 Å². The number of aliphatic carboxylic acids is 1. The van der Waals surface area contributed by atoms with Gasteiger partial charge in [0.1, 0.15) is 6.10 Å². The molecule has 4 heteroatoms. The number of carboxylic acids is 1. The standard InChI is InChI=1S/C11H16O4/c1-7(10(12)13)8(2)11(14)15-9-5-3-4-6-9/h9H,3-6H2,1-2H3,(H,12,13)/b8-7-. The summed E-state index contributed by atoms with van der Waals surface area (Å²) in [7, 11) is 0. The van der Waals surface area contributed by atoms with Crippen molar-refractivity contribution in [1.29, 1.82) is 0 Å². The van der Waals surface area contributed by atoms with Gasteiger partial charge in [-0.05, 0) is 39.5 Å². The van der Waals surface area contributed by atoms with Gasteiger partial charge in [0.05, 0.1) is 0 Å². The van der Waals surface area contributed by atoms with Crippen molar-refractivity contribution < 1.29 is 19.4 Å². The van der Waals surface area contributed by atoms with Crippen LogP contribution in [0.3, 0.4) is 0 Å². The maximum atomic E-state index is 11.5. The number of hydrogen-bond donors (Lipinski definition) is 1. The van der Waals surface area contributed by atoms with Crippen molar-refractivity contribution in [3.05, 3.63) is 11.1 Å². The first-order chi connectivity index (χ1) is 7.02. The van der Waals surface area contributed by atoms with Crippen molar-refractivity contribution in [2.45, 2.75) is 45.6 Å². The van der Waals surface area contributed by atoms with Crippen LogP contribution in [-0.2, 0) is 14.3 Å². The Morgan fingerprint density at radius 3 is 2.13 bits per heavy atom. The Labute approximate surface area is 88.9 Å². The first-order valence-corrected chi connectivity index (χ1v) is 5.14. The molecule has 4 nitrogen and oxygen atoms in total. The number of carboxylic acid groups (broad SMARTS) is 1. The van der Waals surface area contributed by atoms with Gasteiger partial charge in [-0.25, -0.2) is 9.59 Å². The molecular weight excluding hydrogens is 196 g/mol. The SMILES string of the molecule is C/C(C(=O)O)=C(\C)C(=O)OC1CCCC1. The molecule has 0 aromatic rings. The Morgan fingerprint density at radius 1 is 1.13 bits per heavy atom. The minimum Gasteiger partial charge on any atom is -0.478 e. The molecule has 0 bridgehead atoms. The molecule has 0 aromatic carbocycles. The highest BCUT2D eigenvalue weighted by Crippen LogP contribution is 2.22. The highest BCUT2D eigenvalue weighted by molar-refractivity contribution is 5.98. The average molecular weight is 212 g/mol. The van der Waals surface area contributed by atoms with Gasteiger partial charge in [-0.3, -0.25) is 0 Å². The fourth-order valence-corrected chi connectivity index (χ4v) is 1.56. The quantitative estimate of drug-likeness (QED) is 0.573. The predicted octanol–water partition coefficient (Wildman–Crippen LogP) is 1.89. The summed E-state index contributed by atoms with van der Waals surface area (Å²) in [5.41, 5.74) is 0.243. The summed E-state index contributed by atoms with van der Waals surface area (Å²) >= 11 is 0. The summed E-state index contributed by atoms with van der Waals surface area (Å²) < 4.78 is 5.18. The molecule has 0 saturated heterocycles. The minimum atomic E-state index is -1.07. The van der Waals surface area contributed by atoms with Crippen molar-refractivity contribution in [1.82, 2.24) is 0 Å². The number of esters is 1. The van der Waals surface area contributed by atoms with Crippen molar-refractivity contribution in [2.75, 3.05) is 0 Å². The molecule has 15 heavy (non-hydrogen) atoms. The molecule has 84 valence electrons. The van der Waals surface area contributed by atoms with Crippen LogP contribution in [0.25, 0.3) is 0 Å². The van der Waals surface area contributed by atoms with Crippen LogP contribution in [0.4, 0.5) is 0 Å². The van der Waals surface area contributed by atoms with E-state index in [0.29, 0.717) is 0 Å². The fourth-order valence-electron chi connectivity index (χ4n) is 1.56. The normalized spacial score (nSPS) is 18.5. The largest absolute Gasteiger partial charge is 0.478 e. The lowest BCUT2D eigenvalue weighted by molar-refractivity contribution is -0.144. The van der Waals surface area contributed by atoms with E-state index in [0.717, 1.165) is 25.7 Å². The van der Waals surface area contributed by atoms with E-state index in [9.17, 15) is 9.59 Å². The Balaban J connectivity index is 2.59. The molecule has 0 unspecified atom stereocenters. The number of carbonyl (C=O) groups is 2. The maximum absolute atomic E-state index is 11.5. The van der Waals surface area contributed by atoms with E-state index in [1.54, 1.807) is 0 Å². The highest BCUT2D eigenvalue weighted by Gasteiger charge is 2.21. The molecule has 1 aliphatic rings. The van der Waals surface area contributed by atoms with Gasteiger partial charge in [0.15, 0.2) is 0 Å². The molecule has 0 aliphatic heterocycles. The van der Waals surface area contributed by atoms with Crippen molar-refractivity contribution in [2.24, 2.45) is 0 Å². The molecule has 1 fully saturated rings. The smallest absolute Gasteiger partial charge is 0.334 e. The van der Waals surface area contributed by atoms with Crippen LogP contribution in [0.15, 0.2) is 11.1 Å². The van der Waals surface area contributed by atoms with Gasteiger partial charge in [-0.2, -0.15) is 0 Å². The van der Waals surface area contributed by atoms with Gasteiger partial charge >= 0.3 is 11.9 Å². The lowest BCUT2D eigenvalue weighted by atomic mass is 10.1. The van der Waals surface area contributed by atoms with Gasteiger partial charge in [0.25, 0.3) is 0 Å². The third kappa shape index (κ3) is 3.08. The zero-order valence-electron chi connectivity index (χ0n) is 9.08. The number of hydrogen-bond acceptors (Lipinski definition) is 3.